The SMILES string of the molecule is COc1ccc(S(=O)(=O)c2cc3ccccc3cn2)cc1. The summed E-state index contributed by atoms with van der Waals surface area (Å²) in [4.78, 5) is 4.28. The van der Waals surface area contributed by atoms with Gasteiger partial charge in [-0.2, -0.15) is 0 Å². The Morgan fingerprint density at radius 3 is 2.29 bits per heavy atom. The van der Waals surface area contributed by atoms with Gasteiger partial charge in [-0.05, 0) is 35.7 Å². The van der Waals surface area contributed by atoms with Crippen LogP contribution in [0.1, 0.15) is 0 Å². The van der Waals surface area contributed by atoms with Crippen LogP contribution in [0.2, 0.25) is 0 Å². The molecule has 1 aromatic heterocycles. The van der Waals surface area contributed by atoms with Crippen molar-refractivity contribution in [1.82, 2.24) is 4.98 Å². The summed E-state index contributed by atoms with van der Waals surface area (Å²) in [6, 6.07) is 15.4. The quantitative estimate of drug-likeness (QED) is 0.746. The molecular weight excluding hydrogens is 286 g/mol. The van der Waals surface area contributed by atoms with Gasteiger partial charge >= 0.3 is 0 Å². The van der Waals surface area contributed by atoms with Crippen molar-refractivity contribution >= 4 is 20.6 Å². The Labute approximate surface area is 122 Å². The third-order valence-corrected chi connectivity index (χ3v) is 4.92. The third-order valence-electron chi connectivity index (χ3n) is 3.25. The van der Waals surface area contributed by atoms with Crippen molar-refractivity contribution in [3.05, 3.63) is 60.8 Å². The summed E-state index contributed by atoms with van der Waals surface area (Å²) in [6.07, 6.45) is 1.58. The minimum absolute atomic E-state index is 0.0476. The molecule has 0 radical (unpaired) electrons. The van der Waals surface area contributed by atoms with E-state index in [1.54, 1.807) is 24.4 Å². The molecule has 3 rings (SSSR count). The van der Waals surface area contributed by atoms with Crippen LogP contribution in [0, 0.1) is 0 Å². The number of hydrogen-bond acceptors (Lipinski definition) is 4. The first-order valence-electron chi connectivity index (χ1n) is 6.35. The van der Waals surface area contributed by atoms with E-state index in [1.165, 1.54) is 19.2 Å². The first kappa shape index (κ1) is 13.6. The molecule has 0 aliphatic rings. The largest absolute Gasteiger partial charge is 0.497 e. The number of nitrogens with zero attached hydrogens (tertiary/aromatic N) is 1. The fraction of sp³-hybridized carbons (Fsp3) is 0.0625. The Bertz CT molecular complexity index is 887. The number of methoxy groups -OCH3 is 1. The molecule has 3 aromatic rings. The van der Waals surface area contributed by atoms with E-state index in [0.717, 1.165) is 10.8 Å². The standard InChI is InChI=1S/C16H13NO3S/c1-20-14-6-8-15(9-7-14)21(18,19)16-10-12-4-2-3-5-13(12)11-17-16/h2-11H,1H3. The average Bonchev–Trinajstić information content (AvgIpc) is 2.54. The number of fused-ring (bicyclic) bond motifs is 1. The predicted octanol–water partition coefficient (Wildman–Crippen LogP) is 3.08. The van der Waals surface area contributed by atoms with Crippen LogP contribution in [-0.2, 0) is 9.84 Å². The van der Waals surface area contributed by atoms with Crippen LogP contribution < -0.4 is 4.74 Å². The second kappa shape index (κ2) is 5.18. The Hall–Kier alpha value is -2.40. The molecule has 1 heterocycles. The Morgan fingerprint density at radius 1 is 0.952 bits per heavy atom. The molecule has 21 heavy (non-hydrogen) atoms. The molecule has 0 N–H and O–H groups in total. The fourth-order valence-corrected chi connectivity index (χ4v) is 3.30. The number of aromatic nitrogens is 1. The summed E-state index contributed by atoms with van der Waals surface area (Å²) < 4.78 is 30.2. The van der Waals surface area contributed by atoms with Crippen molar-refractivity contribution in [3.8, 4) is 5.75 Å². The molecule has 0 atom stereocenters. The summed E-state index contributed by atoms with van der Waals surface area (Å²) in [5.74, 6) is 0.612. The first-order chi connectivity index (χ1) is 10.1. The summed E-state index contributed by atoms with van der Waals surface area (Å²) >= 11 is 0. The van der Waals surface area contributed by atoms with Gasteiger partial charge in [0.1, 0.15) is 5.75 Å². The number of rotatable bonds is 3. The highest BCUT2D eigenvalue weighted by Crippen LogP contribution is 2.24. The molecule has 2 aromatic carbocycles. The van der Waals surface area contributed by atoms with Gasteiger partial charge in [-0.25, -0.2) is 13.4 Å². The lowest BCUT2D eigenvalue weighted by atomic mass is 10.2. The van der Waals surface area contributed by atoms with E-state index in [1.807, 2.05) is 24.3 Å². The maximum atomic E-state index is 12.6. The fourth-order valence-electron chi connectivity index (χ4n) is 2.09. The molecule has 0 aliphatic carbocycles. The molecule has 0 unspecified atom stereocenters. The number of ether oxygens (including phenoxy) is 1. The molecule has 5 heteroatoms. The third kappa shape index (κ3) is 2.48. The van der Waals surface area contributed by atoms with E-state index in [4.69, 9.17) is 4.74 Å². The van der Waals surface area contributed by atoms with Crippen LogP contribution in [0.4, 0.5) is 0 Å². The second-order valence-corrected chi connectivity index (χ2v) is 6.45. The zero-order chi connectivity index (χ0) is 14.9. The van der Waals surface area contributed by atoms with Crippen LogP contribution in [0.25, 0.3) is 10.8 Å². The summed E-state index contributed by atoms with van der Waals surface area (Å²) in [5.41, 5.74) is 0. The van der Waals surface area contributed by atoms with Crippen molar-refractivity contribution < 1.29 is 13.2 Å². The van der Waals surface area contributed by atoms with E-state index in [-0.39, 0.29) is 9.92 Å². The van der Waals surface area contributed by atoms with Crippen LogP contribution in [-0.4, -0.2) is 20.5 Å². The van der Waals surface area contributed by atoms with Crippen LogP contribution >= 0.6 is 0 Å². The highest BCUT2D eigenvalue weighted by atomic mass is 32.2. The Balaban J connectivity index is 2.10. The molecule has 0 spiro atoms. The Morgan fingerprint density at radius 2 is 1.62 bits per heavy atom. The first-order valence-corrected chi connectivity index (χ1v) is 7.83. The highest BCUT2D eigenvalue weighted by molar-refractivity contribution is 7.91. The monoisotopic (exact) mass is 299 g/mol. The summed E-state index contributed by atoms with van der Waals surface area (Å²) in [7, 11) is -2.09. The van der Waals surface area contributed by atoms with Gasteiger partial charge in [-0.3, -0.25) is 0 Å². The van der Waals surface area contributed by atoms with Gasteiger partial charge in [-0.1, -0.05) is 24.3 Å². The molecule has 106 valence electrons. The van der Waals surface area contributed by atoms with Crippen molar-refractivity contribution in [2.24, 2.45) is 0 Å². The van der Waals surface area contributed by atoms with Gasteiger partial charge in [0.2, 0.25) is 9.84 Å². The smallest absolute Gasteiger partial charge is 0.223 e. The maximum absolute atomic E-state index is 12.6. The molecule has 0 fully saturated rings. The zero-order valence-corrected chi connectivity index (χ0v) is 12.2. The number of sulfone groups is 1. The topological polar surface area (TPSA) is 56.3 Å². The van der Waals surface area contributed by atoms with Gasteiger partial charge in [0, 0.05) is 11.6 Å². The minimum Gasteiger partial charge on any atom is -0.497 e. The van der Waals surface area contributed by atoms with Gasteiger partial charge in [-0.15, -0.1) is 0 Å². The van der Waals surface area contributed by atoms with E-state index in [0.29, 0.717) is 5.75 Å². The summed E-state index contributed by atoms with van der Waals surface area (Å²) in [6.45, 7) is 0. The molecular formula is C16H13NO3S. The van der Waals surface area contributed by atoms with E-state index >= 15 is 0 Å². The van der Waals surface area contributed by atoms with Crippen molar-refractivity contribution in [2.75, 3.05) is 7.11 Å². The predicted molar refractivity (Wildman–Crippen MR) is 80.2 cm³/mol. The Kier molecular flexibility index (Phi) is 3.35. The van der Waals surface area contributed by atoms with Crippen LogP contribution in [0.5, 0.6) is 5.75 Å². The maximum Gasteiger partial charge on any atom is 0.223 e. The van der Waals surface area contributed by atoms with Gasteiger partial charge in [0.25, 0.3) is 0 Å². The zero-order valence-electron chi connectivity index (χ0n) is 11.4. The molecule has 0 saturated carbocycles. The second-order valence-electron chi connectivity index (χ2n) is 4.55. The van der Waals surface area contributed by atoms with Gasteiger partial charge in [0.05, 0.1) is 12.0 Å². The van der Waals surface area contributed by atoms with Crippen molar-refractivity contribution in [3.63, 3.8) is 0 Å². The van der Waals surface area contributed by atoms with E-state index < -0.39 is 9.84 Å². The molecule has 0 aliphatic heterocycles. The van der Waals surface area contributed by atoms with Gasteiger partial charge < -0.3 is 4.74 Å². The lowest BCUT2D eigenvalue weighted by Crippen LogP contribution is -2.04. The average molecular weight is 299 g/mol. The normalized spacial score (nSPS) is 11.5. The number of pyridine rings is 1. The van der Waals surface area contributed by atoms with E-state index in [9.17, 15) is 8.42 Å². The molecule has 0 saturated heterocycles. The van der Waals surface area contributed by atoms with Crippen LogP contribution in [0.15, 0.2) is 70.7 Å². The number of hydrogen-bond donors (Lipinski definition) is 0. The molecule has 0 bridgehead atoms. The van der Waals surface area contributed by atoms with Gasteiger partial charge in [0.15, 0.2) is 5.03 Å². The molecule has 0 amide bonds. The molecule has 4 nitrogen and oxygen atoms in total. The highest BCUT2D eigenvalue weighted by Gasteiger charge is 2.19. The minimum atomic E-state index is -3.62. The van der Waals surface area contributed by atoms with Crippen LogP contribution in [0.3, 0.4) is 0 Å². The van der Waals surface area contributed by atoms with Crippen molar-refractivity contribution in [1.29, 1.82) is 0 Å². The van der Waals surface area contributed by atoms with E-state index in [2.05, 4.69) is 4.98 Å². The van der Waals surface area contributed by atoms with Crippen molar-refractivity contribution in [2.45, 2.75) is 9.92 Å². The lowest BCUT2D eigenvalue weighted by Gasteiger charge is -2.06. The number of benzene rings is 2. The summed E-state index contributed by atoms with van der Waals surface area (Å²) in [5, 5.41) is 1.80. The lowest BCUT2D eigenvalue weighted by molar-refractivity contribution is 0.414.